The molecule has 0 radical (unpaired) electrons. The molecule has 0 spiro atoms. The normalized spacial score (nSPS) is 15.2. The largest absolute Gasteiger partial charge is 0.505 e. The van der Waals surface area contributed by atoms with Gasteiger partial charge in [-0.3, -0.25) is 9.52 Å². The summed E-state index contributed by atoms with van der Waals surface area (Å²) in [5.41, 5.74) is -0.476. The van der Waals surface area contributed by atoms with Gasteiger partial charge in [-0.2, -0.15) is 0 Å². The molecule has 0 saturated heterocycles. The lowest BCUT2D eigenvalue weighted by Gasteiger charge is -2.23. The van der Waals surface area contributed by atoms with Crippen molar-refractivity contribution in [2.24, 2.45) is 0 Å². The number of nitrogens with one attached hydrogen (secondary N) is 1. The van der Waals surface area contributed by atoms with Crippen LogP contribution in [0.2, 0.25) is 5.02 Å². The van der Waals surface area contributed by atoms with Gasteiger partial charge in [-0.1, -0.05) is 43.1 Å². The monoisotopic (exact) mass is 536 g/mol. The maximum atomic E-state index is 14.8. The summed E-state index contributed by atoms with van der Waals surface area (Å²) in [5, 5.41) is 10.0. The number of carbonyl (C=O) groups is 1. The number of hydrogen-bond donors (Lipinski definition) is 2. The molecule has 0 unspecified atom stereocenters. The minimum atomic E-state index is -4.65. The molecule has 7 nitrogen and oxygen atoms in total. The third kappa shape index (κ3) is 5.10. The van der Waals surface area contributed by atoms with E-state index in [2.05, 4.69) is 0 Å². The molecule has 0 saturated carbocycles. The minimum Gasteiger partial charge on any atom is -0.505 e. The van der Waals surface area contributed by atoms with Gasteiger partial charge in [0.2, 0.25) is 0 Å². The number of halogens is 3. The predicted octanol–water partition coefficient (Wildman–Crippen LogP) is 5.43. The molecule has 0 aromatic heterocycles. The molecule has 190 valence electrons. The summed E-state index contributed by atoms with van der Waals surface area (Å²) in [6.07, 6.45) is 1.48. The number of hydrogen-bond acceptors (Lipinski definition) is 5. The summed E-state index contributed by atoms with van der Waals surface area (Å²) in [6, 6.07) is 10.2. The van der Waals surface area contributed by atoms with E-state index < -0.39 is 43.9 Å². The Labute approximate surface area is 212 Å². The van der Waals surface area contributed by atoms with Gasteiger partial charge < -0.3 is 14.7 Å². The third-order valence-electron chi connectivity index (χ3n) is 5.73. The van der Waals surface area contributed by atoms with Gasteiger partial charge >= 0.3 is 0 Å². The fourth-order valence-corrected chi connectivity index (χ4v) is 5.34. The summed E-state index contributed by atoms with van der Waals surface area (Å²) < 4.78 is 63.8. The Bertz CT molecular complexity index is 1430. The van der Waals surface area contributed by atoms with Crippen LogP contribution in [-0.4, -0.2) is 44.0 Å². The Balaban J connectivity index is 1.93. The van der Waals surface area contributed by atoms with Gasteiger partial charge in [0.25, 0.3) is 15.9 Å². The van der Waals surface area contributed by atoms with E-state index in [9.17, 15) is 27.1 Å². The lowest BCUT2D eigenvalue weighted by atomic mass is 10.0. The maximum absolute atomic E-state index is 14.8. The number of ether oxygens (including phenoxy) is 1. The first-order valence-electron chi connectivity index (χ1n) is 11.2. The van der Waals surface area contributed by atoms with E-state index in [1.54, 1.807) is 24.3 Å². The Hall–Kier alpha value is -3.37. The summed E-state index contributed by atoms with van der Waals surface area (Å²) in [7, 11) is -4.65. The minimum absolute atomic E-state index is 0.0529. The van der Waals surface area contributed by atoms with E-state index in [1.165, 1.54) is 11.0 Å². The van der Waals surface area contributed by atoms with Gasteiger partial charge in [0, 0.05) is 29.3 Å². The van der Waals surface area contributed by atoms with Crippen LogP contribution in [0.5, 0.6) is 11.5 Å². The molecule has 1 heterocycles. The number of fused-ring (bicyclic) bond motifs is 6. The lowest BCUT2D eigenvalue weighted by Crippen LogP contribution is -2.35. The SMILES string of the molecule is CCCCN1CCOc2ccccc2-c2cc(c(F)cc2F)NS(=O)(=O)c2cc(cc(Cl)c2O)C1=O. The molecular weight excluding hydrogens is 514 g/mol. The van der Waals surface area contributed by atoms with Gasteiger partial charge in [-0.25, -0.2) is 17.2 Å². The predicted molar refractivity (Wildman–Crippen MR) is 132 cm³/mol. The number of phenols is 1. The van der Waals surface area contributed by atoms with Crippen molar-refractivity contribution in [3.63, 3.8) is 0 Å². The van der Waals surface area contributed by atoms with Crippen LogP contribution in [0.1, 0.15) is 30.1 Å². The van der Waals surface area contributed by atoms with Crippen LogP contribution in [0.25, 0.3) is 11.1 Å². The molecule has 0 aliphatic carbocycles. The Morgan fingerprint density at radius 1 is 1.11 bits per heavy atom. The van der Waals surface area contributed by atoms with Crippen LogP contribution in [-0.2, 0) is 10.0 Å². The van der Waals surface area contributed by atoms with Crippen molar-refractivity contribution in [2.45, 2.75) is 24.7 Å². The van der Waals surface area contributed by atoms with E-state index in [-0.39, 0.29) is 40.6 Å². The number of rotatable bonds is 3. The molecule has 1 aliphatic rings. The third-order valence-corrected chi connectivity index (χ3v) is 7.40. The van der Waals surface area contributed by atoms with E-state index in [1.807, 2.05) is 11.6 Å². The number of nitrogens with zero attached hydrogens (tertiary/aromatic N) is 1. The van der Waals surface area contributed by atoms with Crippen LogP contribution in [0, 0.1) is 11.6 Å². The molecular formula is C25H23ClF2N2O5S. The number of unbranched alkanes of at least 4 members (excludes halogenated alkanes) is 1. The Morgan fingerprint density at radius 3 is 2.61 bits per heavy atom. The van der Waals surface area contributed by atoms with Gasteiger partial charge in [0.05, 0.1) is 17.3 Å². The van der Waals surface area contributed by atoms with Crippen molar-refractivity contribution < 1.29 is 31.8 Å². The van der Waals surface area contributed by atoms with Gasteiger partial charge in [0.1, 0.15) is 28.9 Å². The highest BCUT2D eigenvalue weighted by molar-refractivity contribution is 7.92. The van der Waals surface area contributed by atoms with Crippen LogP contribution >= 0.6 is 11.6 Å². The Kier molecular flexibility index (Phi) is 7.37. The number of sulfonamides is 1. The molecule has 36 heavy (non-hydrogen) atoms. The zero-order valence-corrected chi connectivity index (χ0v) is 20.8. The quantitative estimate of drug-likeness (QED) is 0.465. The first-order valence-corrected chi connectivity index (χ1v) is 13.0. The smallest absolute Gasteiger partial charge is 0.265 e. The second kappa shape index (κ2) is 10.3. The Morgan fingerprint density at radius 2 is 1.86 bits per heavy atom. The molecule has 1 aliphatic heterocycles. The van der Waals surface area contributed by atoms with E-state index in [4.69, 9.17) is 16.3 Å². The standard InChI is InChI=1S/C25H23ClF2N2O5S/c1-2-3-8-30-9-10-35-22-7-5-4-6-16(22)17-13-21(20(28)14-19(17)27)29-36(33,34)23-12-15(25(30)32)11-18(26)24(23)31/h4-7,11-14,29,31H,2-3,8-10H2,1H3. The summed E-state index contributed by atoms with van der Waals surface area (Å²) in [4.78, 5) is 14.1. The van der Waals surface area contributed by atoms with E-state index >= 15 is 0 Å². The topological polar surface area (TPSA) is 95.9 Å². The molecule has 0 fully saturated rings. The number of benzene rings is 3. The summed E-state index contributed by atoms with van der Waals surface area (Å²) in [5.74, 6) is -3.15. The number of phenolic OH excluding ortho intramolecular Hbond substituents is 1. The zero-order chi connectivity index (χ0) is 26.0. The van der Waals surface area contributed by atoms with Crippen LogP contribution in [0.15, 0.2) is 53.4 Å². The molecule has 4 bridgehead atoms. The highest BCUT2D eigenvalue weighted by atomic mass is 35.5. The van der Waals surface area contributed by atoms with Crippen molar-refractivity contribution in [3.8, 4) is 22.6 Å². The average Bonchev–Trinajstić information content (AvgIpc) is 2.84. The molecule has 1 amide bonds. The van der Waals surface area contributed by atoms with Crippen LogP contribution in [0.4, 0.5) is 14.5 Å². The van der Waals surface area contributed by atoms with Crippen LogP contribution in [0.3, 0.4) is 0 Å². The summed E-state index contributed by atoms with van der Waals surface area (Å²) >= 11 is 6.07. The number of para-hydroxylation sites is 1. The highest BCUT2D eigenvalue weighted by Crippen LogP contribution is 2.37. The average molecular weight is 537 g/mol. The van der Waals surface area contributed by atoms with Crippen LogP contribution < -0.4 is 9.46 Å². The summed E-state index contributed by atoms with van der Waals surface area (Å²) in [6.45, 7) is 2.51. The lowest BCUT2D eigenvalue weighted by molar-refractivity contribution is 0.0727. The molecule has 11 heteroatoms. The highest BCUT2D eigenvalue weighted by Gasteiger charge is 2.27. The second-order valence-electron chi connectivity index (χ2n) is 8.21. The maximum Gasteiger partial charge on any atom is 0.265 e. The van der Waals surface area contributed by atoms with Gasteiger partial charge in [-0.05, 0) is 30.7 Å². The first-order chi connectivity index (χ1) is 17.1. The van der Waals surface area contributed by atoms with Crippen molar-refractivity contribution in [3.05, 3.63) is 70.8 Å². The van der Waals surface area contributed by atoms with E-state index in [0.717, 1.165) is 18.6 Å². The number of carbonyl (C=O) groups excluding carboxylic acids is 1. The zero-order valence-electron chi connectivity index (χ0n) is 19.2. The van der Waals surface area contributed by atoms with Gasteiger partial charge in [-0.15, -0.1) is 0 Å². The van der Waals surface area contributed by atoms with Crippen molar-refractivity contribution >= 4 is 33.2 Å². The second-order valence-corrected chi connectivity index (χ2v) is 10.3. The van der Waals surface area contributed by atoms with Crippen molar-refractivity contribution in [2.75, 3.05) is 24.4 Å². The van der Waals surface area contributed by atoms with Gasteiger partial charge in [0.15, 0.2) is 5.75 Å². The number of anilines is 1. The van der Waals surface area contributed by atoms with Crippen molar-refractivity contribution in [1.82, 2.24) is 4.90 Å². The first kappa shape index (κ1) is 25.7. The fourth-order valence-electron chi connectivity index (χ4n) is 3.86. The fraction of sp³-hybridized carbons (Fsp3) is 0.240. The number of aromatic hydroxyl groups is 1. The molecule has 3 aromatic rings. The molecule has 3 aromatic carbocycles. The van der Waals surface area contributed by atoms with Crippen molar-refractivity contribution in [1.29, 1.82) is 0 Å². The molecule has 4 rings (SSSR count). The number of amides is 1. The molecule has 0 atom stereocenters. The van der Waals surface area contributed by atoms with E-state index in [0.29, 0.717) is 19.0 Å². The molecule has 2 N–H and O–H groups in total.